The second-order valence-electron chi connectivity index (χ2n) is 2.92. The zero-order valence-electron chi connectivity index (χ0n) is 7.85. The fourth-order valence-corrected chi connectivity index (χ4v) is 2.45. The van der Waals surface area contributed by atoms with Crippen LogP contribution in [0.2, 0.25) is 0 Å². The topological polar surface area (TPSA) is 60.7 Å². The number of tetrazole rings is 1. The van der Waals surface area contributed by atoms with Gasteiger partial charge in [0.2, 0.25) is 0 Å². The second kappa shape index (κ2) is 4.19. The lowest BCUT2D eigenvalue weighted by atomic mass is 10.2. The van der Waals surface area contributed by atoms with Crippen LogP contribution in [0, 0.1) is 0 Å². The van der Waals surface area contributed by atoms with Crippen molar-refractivity contribution in [3.63, 3.8) is 0 Å². The zero-order chi connectivity index (χ0) is 10.8. The Labute approximate surface area is 98.2 Å². The molecule has 0 unspecified atom stereocenters. The van der Waals surface area contributed by atoms with Crippen LogP contribution in [0.1, 0.15) is 15.5 Å². The van der Waals surface area contributed by atoms with Gasteiger partial charge in [-0.05, 0) is 27.2 Å². The molecule has 5 nitrogen and oxygen atoms in total. The van der Waals surface area contributed by atoms with Gasteiger partial charge in [0.05, 0.1) is 18.3 Å². The van der Waals surface area contributed by atoms with E-state index in [9.17, 15) is 4.79 Å². The summed E-state index contributed by atoms with van der Waals surface area (Å²) in [5.41, 5.74) is 0. The van der Waals surface area contributed by atoms with Crippen molar-refractivity contribution in [3.8, 4) is 0 Å². The van der Waals surface area contributed by atoms with E-state index < -0.39 is 0 Å². The van der Waals surface area contributed by atoms with Crippen LogP contribution in [0.5, 0.6) is 0 Å². The predicted molar refractivity (Wildman–Crippen MR) is 58.9 cm³/mol. The van der Waals surface area contributed by atoms with Crippen LogP contribution in [-0.2, 0) is 13.5 Å². The van der Waals surface area contributed by atoms with Gasteiger partial charge in [0.1, 0.15) is 0 Å². The molecule has 2 aromatic rings. The van der Waals surface area contributed by atoms with Crippen molar-refractivity contribution in [2.45, 2.75) is 6.42 Å². The van der Waals surface area contributed by atoms with Crippen molar-refractivity contribution < 1.29 is 4.79 Å². The van der Waals surface area contributed by atoms with Crippen molar-refractivity contribution in [2.24, 2.45) is 7.05 Å². The molecule has 0 N–H and O–H groups in total. The number of hydrogen-bond donors (Lipinski definition) is 0. The molecule has 0 aromatic carbocycles. The summed E-state index contributed by atoms with van der Waals surface area (Å²) in [6.07, 6.45) is 0.195. The molecule has 2 heterocycles. The average Bonchev–Trinajstić information content (AvgIpc) is 2.75. The van der Waals surface area contributed by atoms with Crippen molar-refractivity contribution in [3.05, 3.63) is 26.6 Å². The smallest absolute Gasteiger partial charge is 0.182 e. The maximum absolute atomic E-state index is 11.7. The highest BCUT2D eigenvalue weighted by molar-refractivity contribution is 9.10. The van der Waals surface area contributed by atoms with E-state index >= 15 is 0 Å². The van der Waals surface area contributed by atoms with Crippen LogP contribution in [0.15, 0.2) is 15.9 Å². The highest BCUT2D eigenvalue weighted by Gasteiger charge is 2.12. The lowest BCUT2D eigenvalue weighted by molar-refractivity contribution is 0.0994. The Bertz CT molecular complexity index is 492. The first-order chi connectivity index (χ1) is 7.15. The monoisotopic (exact) mass is 286 g/mol. The minimum Gasteiger partial charge on any atom is -0.293 e. The highest BCUT2D eigenvalue weighted by Crippen LogP contribution is 2.20. The fourth-order valence-electron chi connectivity index (χ4n) is 1.08. The molecule has 0 spiro atoms. The SMILES string of the molecule is Cn1nnc(CC(=O)c2cc(Br)cs2)n1. The molecule has 0 aliphatic carbocycles. The lowest BCUT2D eigenvalue weighted by Gasteiger charge is -1.91. The Morgan fingerprint density at radius 3 is 3.00 bits per heavy atom. The number of Topliss-reactive ketones (excluding diaryl/α,β-unsaturated/α-hetero) is 1. The van der Waals surface area contributed by atoms with Crippen molar-refractivity contribution in [2.75, 3.05) is 0 Å². The molecule has 0 bridgehead atoms. The molecule has 7 heteroatoms. The number of aryl methyl sites for hydroxylation is 1. The van der Waals surface area contributed by atoms with Gasteiger partial charge in [-0.15, -0.1) is 21.5 Å². The standard InChI is InChI=1S/C8H7BrN4OS/c1-13-11-8(10-12-13)3-6(14)7-2-5(9)4-15-7/h2,4H,3H2,1H3. The zero-order valence-corrected chi connectivity index (χ0v) is 10.2. The molecule has 15 heavy (non-hydrogen) atoms. The van der Waals surface area contributed by atoms with E-state index in [2.05, 4.69) is 31.3 Å². The number of nitrogens with zero attached hydrogens (tertiary/aromatic N) is 4. The van der Waals surface area contributed by atoms with Gasteiger partial charge < -0.3 is 0 Å². The maximum atomic E-state index is 11.7. The Morgan fingerprint density at radius 1 is 1.67 bits per heavy atom. The third-order valence-corrected chi connectivity index (χ3v) is 3.44. The molecule has 2 aromatic heterocycles. The largest absolute Gasteiger partial charge is 0.293 e. The molecule has 0 amide bonds. The van der Waals surface area contributed by atoms with Crippen LogP contribution < -0.4 is 0 Å². The number of hydrogen-bond acceptors (Lipinski definition) is 5. The number of halogens is 1. The normalized spacial score (nSPS) is 10.5. The van der Waals surface area contributed by atoms with Gasteiger partial charge in [-0.2, -0.15) is 4.80 Å². The van der Waals surface area contributed by atoms with Gasteiger partial charge in [-0.3, -0.25) is 4.79 Å². The molecule has 0 saturated carbocycles. The number of carbonyl (C=O) groups is 1. The summed E-state index contributed by atoms with van der Waals surface area (Å²) in [7, 11) is 1.67. The lowest BCUT2D eigenvalue weighted by Crippen LogP contribution is -2.03. The highest BCUT2D eigenvalue weighted by atomic mass is 79.9. The number of rotatable bonds is 3. The molecule has 0 aliphatic rings. The molecule has 0 atom stereocenters. The van der Waals surface area contributed by atoms with E-state index in [1.165, 1.54) is 16.1 Å². The third kappa shape index (κ3) is 2.48. The van der Waals surface area contributed by atoms with Gasteiger partial charge in [0, 0.05) is 9.85 Å². The predicted octanol–water partition coefficient (Wildman–Crippen LogP) is 1.46. The van der Waals surface area contributed by atoms with Gasteiger partial charge in [0.25, 0.3) is 0 Å². The molecule has 0 radical (unpaired) electrons. The Morgan fingerprint density at radius 2 is 2.47 bits per heavy atom. The van der Waals surface area contributed by atoms with E-state index in [1.54, 1.807) is 13.1 Å². The Balaban J connectivity index is 2.10. The number of thiophene rings is 1. The maximum Gasteiger partial charge on any atom is 0.182 e. The number of carbonyl (C=O) groups excluding carboxylic acids is 1. The third-order valence-electron chi connectivity index (χ3n) is 1.71. The summed E-state index contributed by atoms with van der Waals surface area (Å²) in [4.78, 5) is 13.8. The van der Waals surface area contributed by atoms with Crippen LogP contribution >= 0.6 is 27.3 Å². The van der Waals surface area contributed by atoms with E-state index in [-0.39, 0.29) is 12.2 Å². The Hall–Kier alpha value is -1.08. The van der Waals surface area contributed by atoms with E-state index in [4.69, 9.17) is 0 Å². The van der Waals surface area contributed by atoms with Crippen molar-refractivity contribution in [1.29, 1.82) is 0 Å². The molecule has 0 fully saturated rings. The molecule has 78 valence electrons. The van der Waals surface area contributed by atoms with Crippen LogP contribution in [0.3, 0.4) is 0 Å². The van der Waals surface area contributed by atoms with Crippen LogP contribution in [0.25, 0.3) is 0 Å². The summed E-state index contributed by atoms with van der Waals surface area (Å²) in [6.45, 7) is 0. The minimum atomic E-state index is 0.0127. The molecular formula is C8H7BrN4OS. The van der Waals surface area contributed by atoms with Gasteiger partial charge in [-0.1, -0.05) is 0 Å². The molecule has 0 saturated heterocycles. The van der Waals surface area contributed by atoms with E-state index in [0.717, 1.165) is 4.47 Å². The second-order valence-corrected chi connectivity index (χ2v) is 4.75. The summed E-state index contributed by atoms with van der Waals surface area (Å²) in [6, 6.07) is 1.80. The Kier molecular flexibility index (Phi) is 2.92. The van der Waals surface area contributed by atoms with Crippen LogP contribution in [0.4, 0.5) is 0 Å². The number of ketones is 1. The average molecular weight is 287 g/mol. The number of aromatic nitrogens is 4. The first-order valence-electron chi connectivity index (χ1n) is 4.15. The first-order valence-corrected chi connectivity index (χ1v) is 5.82. The van der Waals surface area contributed by atoms with Crippen LogP contribution in [-0.4, -0.2) is 26.0 Å². The summed E-state index contributed by atoms with van der Waals surface area (Å²) >= 11 is 4.70. The summed E-state index contributed by atoms with van der Waals surface area (Å²) in [5.74, 6) is 0.464. The first kappa shape index (κ1) is 10.4. The van der Waals surface area contributed by atoms with Gasteiger partial charge in [-0.25, -0.2) is 0 Å². The summed E-state index contributed by atoms with van der Waals surface area (Å²) in [5, 5.41) is 13.2. The van der Waals surface area contributed by atoms with E-state index in [1.807, 2.05) is 5.38 Å². The van der Waals surface area contributed by atoms with Crippen molar-refractivity contribution >= 4 is 33.0 Å². The molecule has 0 aliphatic heterocycles. The van der Waals surface area contributed by atoms with Gasteiger partial charge >= 0.3 is 0 Å². The van der Waals surface area contributed by atoms with Crippen molar-refractivity contribution in [1.82, 2.24) is 20.2 Å². The molecule has 2 rings (SSSR count). The molecular weight excluding hydrogens is 280 g/mol. The summed E-state index contributed by atoms with van der Waals surface area (Å²) < 4.78 is 0.919. The fraction of sp³-hybridized carbons (Fsp3) is 0.250. The quantitative estimate of drug-likeness (QED) is 0.802. The van der Waals surface area contributed by atoms with E-state index in [0.29, 0.717) is 10.7 Å². The van der Waals surface area contributed by atoms with Gasteiger partial charge in [0.15, 0.2) is 11.6 Å². The minimum absolute atomic E-state index is 0.0127.